The molecule has 0 bridgehead atoms. The van der Waals surface area contributed by atoms with Crippen molar-refractivity contribution < 1.29 is 9.90 Å². The Labute approximate surface area is 130 Å². The lowest BCUT2D eigenvalue weighted by Crippen LogP contribution is -2.31. The third-order valence-corrected chi connectivity index (χ3v) is 4.75. The number of amides is 1. The maximum absolute atomic E-state index is 12.1. The Balaban J connectivity index is 1.82. The van der Waals surface area contributed by atoms with Gasteiger partial charge in [-0.1, -0.05) is 31.6 Å². The van der Waals surface area contributed by atoms with Crippen LogP contribution in [-0.2, 0) is 0 Å². The first-order valence-corrected chi connectivity index (χ1v) is 8.53. The van der Waals surface area contributed by atoms with E-state index in [1.54, 1.807) is 0 Å². The number of hydrogen-bond acceptors (Lipinski definition) is 3. The molecule has 4 heteroatoms. The van der Waals surface area contributed by atoms with E-state index in [9.17, 15) is 4.79 Å². The van der Waals surface area contributed by atoms with Crippen LogP contribution < -0.4 is 5.32 Å². The summed E-state index contributed by atoms with van der Waals surface area (Å²) in [6.07, 6.45) is 5.53. The van der Waals surface area contributed by atoms with Gasteiger partial charge in [0.25, 0.3) is 5.91 Å². The molecular formula is C17H23NO2S. The minimum Gasteiger partial charge on any atom is -0.395 e. The van der Waals surface area contributed by atoms with Gasteiger partial charge in [0, 0.05) is 18.3 Å². The second-order valence-corrected chi connectivity index (χ2v) is 6.73. The molecule has 1 aromatic rings. The van der Waals surface area contributed by atoms with Gasteiger partial charge in [-0.15, -0.1) is 11.3 Å². The Hall–Kier alpha value is -1.31. The van der Waals surface area contributed by atoms with Crippen molar-refractivity contribution in [2.75, 3.05) is 13.2 Å². The van der Waals surface area contributed by atoms with Crippen molar-refractivity contribution in [3.8, 4) is 11.8 Å². The van der Waals surface area contributed by atoms with Crippen molar-refractivity contribution in [1.29, 1.82) is 0 Å². The summed E-state index contributed by atoms with van der Waals surface area (Å²) in [6.45, 7) is 3.15. The van der Waals surface area contributed by atoms with E-state index in [1.807, 2.05) is 11.4 Å². The summed E-state index contributed by atoms with van der Waals surface area (Å²) in [4.78, 5) is 13.0. The minimum absolute atomic E-state index is 0.000292. The molecule has 0 saturated heterocycles. The molecule has 1 amide bonds. The summed E-state index contributed by atoms with van der Waals surface area (Å²) < 4.78 is 0. The van der Waals surface area contributed by atoms with Crippen molar-refractivity contribution in [2.45, 2.75) is 39.0 Å². The van der Waals surface area contributed by atoms with E-state index in [0.717, 1.165) is 17.3 Å². The summed E-state index contributed by atoms with van der Waals surface area (Å²) in [7, 11) is 0. The molecule has 114 valence electrons. The van der Waals surface area contributed by atoms with Crippen LogP contribution in [0.2, 0.25) is 0 Å². The van der Waals surface area contributed by atoms with Crippen LogP contribution in [0.25, 0.3) is 0 Å². The maximum atomic E-state index is 12.1. The van der Waals surface area contributed by atoms with Crippen molar-refractivity contribution in [3.63, 3.8) is 0 Å². The van der Waals surface area contributed by atoms with E-state index in [0.29, 0.717) is 17.9 Å². The first-order chi connectivity index (χ1) is 10.2. The lowest BCUT2D eigenvalue weighted by Gasteiger charge is -2.26. The maximum Gasteiger partial charge on any atom is 0.252 e. The van der Waals surface area contributed by atoms with Gasteiger partial charge in [-0.05, 0) is 30.7 Å². The zero-order valence-corrected chi connectivity index (χ0v) is 13.3. The third-order valence-electron chi connectivity index (χ3n) is 3.91. The fourth-order valence-electron chi connectivity index (χ4n) is 2.81. The predicted molar refractivity (Wildman–Crippen MR) is 86.4 cm³/mol. The average Bonchev–Trinajstić information content (AvgIpc) is 2.94. The van der Waals surface area contributed by atoms with Crippen molar-refractivity contribution in [1.82, 2.24) is 5.32 Å². The number of carbonyl (C=O) groups excluding carboxylic acids is 1. The zero-order valence-electron chi connectivity index (χ0n) is 12.5. The van der Waals surface area contributed by atoms with Crippen LogP contribution >= 0.6 is 11.3 Å². The van der Waals surface area contributed by atoms with Crippen LogP contribution in [0.3, 0.4) is 0 Å². The molecule has 2 N–H and O–H groups in total. The smallest absolute Gasteiger partial charge is 0.252 e. The molecule has 3 nitrogen and oxygen atoms in total. The molecule has 0 radical (unpaired) electrons. The molecule has 2 atom stereocenters. The van der Waals surface area contributed by atoms with Crippen LogP contribution in [-0.4, -0.2) is 24.2 Å². The molecule has 2 unspecified atom stereocenters. The fourth-order valence-corrected chi connectivity index (χ4v) is 3.57. The lowest BCUT2D eigenvalue weighted by atomic mass is 9.82. The highest BCUT2D eigenvalue weighted by Gasteiger charge is 2.19. The molecular weight excluding hydrogens is 282 g/mol. The van der Waals surface area contributed by atoms with E-state index in [1.165, 1.54) is 37.0 Å². The van der Waals surface area contributed by atoms with Gasteiger partial charge in [0.15, 0.2) is 0 Å². The zero-order chi connectivity index (χ0) is 15.1. The first kappa shape index (κ1) is 16.1. The highest BCUT2D eigenvalue weighted by molar-refractivity contribution is 7.10. The Morgan fingerprint density at radius 2 is 2.38 bits per heavy atom. The Morgan fingerprint density at radius 3 is 3.14 bits per heavy atom. The molecule has 1 aliphatic carbocycles. The number of rotatable bonds is 4. The van der Waals surface area contributed by atoms with E-state index in [-0.39, 0.29) is 12.5 Å². The molecule has 0 aromatic carbocycles. The molecule has 0 spiro atoms. The van der Waals surface area contributed by atoms with Crippen LogP contribution in [0.1, 0.15) is 54.3 Å². The molecule has 1 aromatic heterocycles. The van der Waals surface area contributed by atoms with Crippen molar-refractivity contribution in [3.05, 3.63) is 21.9 Å². The van der Waals surface area contributed by atoms with Gasteiger partial charge < -0.3 is 10.4 Å². The van der Waals surface area contributed by atoms with Gasteiger partial charge in [-0.2, -0.15) is 0 Å². The van der Waals surface area contributed by atoms with Crippen LogP contribution in [0.15, 0.2) is 11.4 Å². The van der Waals surface area contributed by atoms with E-state index < -0.39 is 0 Å². The van der Waals surface area contributed by atoms with Gasteiger partial charge >= 0.3 is 0 Å². The topological polar surface area (TPSA) is 49.3 Å². The van der Waals surface area contributed by atoms with Gasteiger partial charge in [0.1, 0.15) is 0 Å². The quantitative estimate of drug-likeness (QED) is 0.840. The second-order valence-electron chi connectivity index (χ2n) is 5.82. The largest absolute Gasteiger partial charge is 0.395 e. The Morgan fingerprint density at radius 1 is 1.52 bits per heavy atom. The number of nitrogens with one attached hydrogen (secondary N) is 1. The van der Waals surface area contributed by atoms with Gasteiger partial charge in [0.2, 0.25) is 0 Å². The normalized spacial score (nSPS) is 21.4. The second kappa shape index (κ2) is 8.21. The number of thiophene rings is 1. The summed E-state index contributed by atoms with van der Waals surface area (Å²) in [5, 5.41) is 13.6. The molecule has 2 rings (SSSR count). The molecule has 21 heavy (non-hydrogen) atoms. The minimum atomic E-state index is -0.000292. The molecule has 1 heterocycles. The van der Waals surface area contributed by atoms with Crippen LogP contribution in [0.4, 0.5) is 0 Å². The van der Waals surface area contributed by atoms with Gasteiger partial charge in [-0.3, -0.25) is 4.79 Å². The fraction of sp³-hybridized carbons (Fsp3) is 0.588. The molecule has 1 fully saturated rings. The molecule has 0 aliphatic heterocycles. The monoisotopic (exact) mass is 305 g/mol. The number of carbonyl (C=O) groups is 1. The summed E-state index contributed by atoms with van der Waals surface area (Å²) in [6, 6.07) is 1.83. The summed E-state index contributed by atoms with van der Waals surface area (Å²) >= 11 is 1.47. The molecule has 1 saturated carbocycles. The number of aliphatic hydroxyl groups excluding tert-OH is 1. The highest BCUT2D eigenvalue weighted by atomic mass is 32.1. The standard InChI is InChI=1S/C17H23NO2S/c1-13-5-4-6-14(9-13)11-18-17(20)15-10-16(21-12-15)7-2-3-8-19/h10,12-14,19H,3-6,8-9,11H2,1H3,(H,18,20). The van der Waals surface area contributed by atoms with E-state index in [2.05, 4.69) is 24.1 Å². The van der Waals surface area contributed by atoms with Gasteiger partial charge in [-0.25, -0.2) is 0 Å². The highest BCUT2D eigenvalue weighted by Crippen LogP contribution is 2.28. The Bertz CT molecular complexity index is 526. The average molecular weight is 305 g/mol. The van der Waals surface area contributed by atoms with Crippen LogP contribution in [0, 0.1) is 23.7 Å². The number of aliphatic hydroxyl groups is 1. The Kier molecular flexibility index (Phi) is 6.28. The lowest BCUT2D eigenvalue weighted by molar-refractivity contribution is 0.0941. The summed E-state index contributed by atoms with van der Waals surface area (Å²) in [5.74, 6) is 7.24. The van der Waals surface area contributed by atoms with Gasteiger partial charge in [0.05, 0.1) is 17.0 Å². The van der Waals surface area contributed by atoms with E-state index in [4.69, 9.17) is 5.11 Å². The molecule has 1 aliphatic rings. The van der Waals surface area contributed by atoms with E-state index >= 15 is 0 Å². The number of hydrogen-bond donors (Lipinski definition) is 2. The third kappa shape index (κ3) is 5.18. The SMILES string of the molecule is CC1CCCC(CNC(=O)c2csc(C#CCCO)c2)C1. The van der Waals surface area contributed by atoms with Crippen molar-refractivity contribution >= 4 is 17.2 Å². The van der Waals surface area contributed by atoms with Crippen molar-refractivity contribution in [2.24, 2.45) is 11.8 Å². The first-order valence-electron chi connectivity index (χ1n) is 7.65. The predicted octanol–water partition coefficient (Wildman–Crippen LogP) is 3.04. The van der Waals surface area contributed by atoms with Crippen LogP contribution in [0.5, 0.6) is 0 Å². The summed E-state index contributed by atoms with van der Waals surface area (Å²) in [5.41, 5.74) is 0.692.